The van der Waals surface area contributed by atoms with E-state index < -0.39 is 0 Å². The maximum atomic E-state index is 12.2. The van der Waals surface area contributed by atoms with Gasteiger partial charge in [-0.3, -0.25) is 4.79 Å². The number of fused-ring (bicyclic) bond motifs is 1. The molecule has 2 aliphatic heterocycles. The number of benzene rings is 1. The van der Waals surface area contributed by atoms with Gasteiger partial charge in [0.25, 0.3) is 0 Å². The lowest BCUT2D eigenvalue weighted by Gasteiger charge is -2.30. The summed E-state index contributed by atoms with van der Waals surface area (Å²) in [7, 11) is 1.88. The summed E-state index contributed by atoms with van der Waals surface area (Å²) in [6.45, 7) is 6.24. The fraction of sp³-hybridized carbons (Fsp3) is 0.533. The minimum atomic E-state index is 0.0443. The smallest absolute Gasteiger partial charge is 0.234 e. The molecule has 1 aromatic carbocycles. The van der Waals surface area contributed by atoms with Gasteiger partial charge in [-0.15, -0.1) is 0 Å². The molecule has 102 valence electrons. The van der Waals surface area contributed by atoms with Gasteiger partial charge in [0.15, 0.2) is 0 Å². The van der Waals surface area contributed by atoms with Gasteiger partial charge in [-0.25, -0.2) is 0 Å². The van der Waals surface area contributed by atoms with Crippen LogP contribution in [0.5, 0.6) is 0 Å². The molecule has 0 aliphatic carbocycles. The minimum Gasteiger partial charge on any atom is -0.369 e. The average Bonchev–Trinajstić information content (AvgIpc) is 2.71. The number of anilines is 2. The molecule has 0 saturated carbocycles. The normalized spacial score (nSPS) is 22.8. The summed E-state index contributed by atoms with van der Waals surface area (Å²) >= 11 is 0. The molecule has 0 aromatic heterocycles. The van der Waals surface area contributed by atoms with Gasteiger partial charge in [0.05, 0.1) is 5.92 Å². The van der Waals surface area contributed by atoms with E-state index >= 15 is 0 Å². The highest BCUT2D eigenvalue weighted by Gasteiger charge is 2.34. The number of piperazine rings is 1. The Morgan fingerprint density at radius 2 is 2.05 bits per heavy atom. The van der Waals surface area contributed by atoms with E-state index in [1.165, 1.54) is 11.3 Å². The number of nitrogens with zero attached hydrogens (tertiary/aromatic N) is 2. The number of carbonyl (C=O) groups excluding carboxylic acids is 1. The van der Waals surface area contributed by atoms with E-state index in [-0.39, 0.29) is 11.8 Å². The zero-order valence-corrected chi connectivity index (χ0v) is 11.6. The van der Waals surface area contributed by atoms with Crippen LogP contribution in [0.1, 0.15) is 24.8 Å². The first-order chi connectivity index (χ1) is 9.22. The van der Waals surface area contributed by atoms with Crippen molar-refractivity contribution >= 4 is 17.3 Å². The Bertz CT molecular complexity index is 494. The lowest BCUT2D eigenvalue weighted by Crippen LogP contribution is -2.43. The molecule has 1 unspecified atom stereocenters. The molecule has 1 fully saturated rings. The first kappa shape index (κ1) is 12.5. The molecule has 1 N–H and O–H groups in total. The Balaban J connectivity index is 1.95. The van der Waals surface area contributed by atoms with Crippen LogP contribution in [0, 0.1) is 0 Å². The van der Waals surface area contributed by atoms with Crippen LogP contribution in [0.15, 0.2) is 18.2 Å². The Hall–Kier alpha value is -1.55. The third-order valence-corrected chi connectivity index (χ3v) is 4.27. The van der Waals surface area contributed by atoms with Crippen LogP contribution in [-0.2, 0) is 4.79 Å². The number of rotatable bonds is 2. The number of hydrogen-bond donors (Lipinski definition) is 1. The van der Waals surface area contributed by atoms with E-state index in [9.17, 15) is 4.79 Å². The second kappa shape index (κ2) is 4.85. The van der Waals surface area contributed by atoms with E-state index in [4.69, 9.17) is 0 Å². The summed E-state index contributed by atoms with van der Waals surface area (Å²) in [6.07, 6.45) is 0.876. The van der Waals surface area contributed by atoms with Crippen molar-refractivity contribution in [2.24, 2.45) is 0 Å². The quantitative estimate of drug-likeness (QED) is 0.875. The zero-order chi connectivity index (χ0) is 13.4. The van der Waals surface area contributed by atoms with Gasteiger partial charge >= 0.3 is 0 Å². The van der Waals surface area contributed by atoms with Crippen molar-refractivity contribution in [1.82, 2.24) is 5.32 Å². The molecule has 2 aliphatic rings. The van der Waals surface area contributed by atoms with E-state index in [1.807, 2.05) is 7.05 Å². The van der Waals surface area contributed by atoms with Gasteiger partial charge in [0.1, 0.15) is 0 Å². The second-order valence-electron chi connectivity index (χ2n) is 5.34. The minimum absolute atomic E-state index is 0.0443. The Morgan fingerprint density at radius 3 is 2.74 bits per heavy atom. The van der Waals surface area contributed by atoms with Crippen molar-refractivity contribution in [2.75, 3.05) is 43.0 Å². The summed E-state index contributed by atoms with van der Waals surface area (Å²) in [5.41, 5.74) is 3.53. The van der Waals surface area contributed by atoms with Crippen LogP contribution in [-0.4, -0.2) is 39.1 Å². The number of likely N-dealkylation sites (N-methyl/N-ethyl adjacent to an activating group) is 1. The van der Waals surface area contributed by atoms with E-state index in [0.717, 1.165) is 38.3 Å². The summed E-state index contributed by atoms with van der Waals surface area (Å²) in [5, 5.41) is 3.37. The topological polar surface area (TPSA) is 35.6 Å². The van der Waals surface area contributed by atoms with Crippen LogP contribution in [0.25, 0.3) is 0 Å². The van der Waals surface area contributed by atoms with Crippen molar-refractivity contribution in [3.63, 3.8) is 0 Å². The van der Waals surface area contributed by atoms with Crippen LogP contribution < -0.4 is 15.1 Å². The zero-order valence-electron chi connectivity index (χ0n) is 11.6. The molecule has 4 heteroatoms. The predicted octanol–water partition coefficient (Wildman–Crippen LogP) is 1.57. The Morgan fingerprint density at radius 1 is 1.32 bits per heavy atom. The molecule has 0 spiro atoms. The van der Waals surface area contributed by atoms with Crippen molar-refractivity contribution in [3.05, 3.63) is 23.8 Å². The van der Waals surface area contributed by atoms with Crippen LogP contribution in [0.3, 0.4) is 0 Å². The lowest BCUT2D eigenvalue weighted by atomic mass is 9.97. The molecular formula is C15H21N3O. The van der Waals surface area contributed by atoms with Crippen LogP contribution in [0.4, 0.5) is 11.4 Å². The summed E-state index contributed by atoms with van der Waals surface area (Å²) < 4.78 is 0. The van der Waals surface area contributed by atoms with E-state index in [0.29, 0.717) is 0 Å². The van der Waals surface area contributed by atoms with Crippen molar-refractivity contribution in [1.29, 1.82) is 0 Å². The molecule has 0 bridgehead atoms. The maximum Gasteiger partial charge on any atom is 0.234 e. The maximum absolute atomic E-state index is 12.2. The molecule has 1 aromatic rings. The van der Waals surface area contributed by atoms with Gasteiger partial charge < -0.3 is 15.1 Å². The second-order valence-corrected chi connectivity index (χ2v) is 5.34. The highest BCUT2D eigenvalue weighted by Crippen LogP contribution is 2.40. The van der Waals surface area contributed by atoms with Gasteiger partial charge in [-0.05, 0) is 30.2 Å². The van der Waals surface area contributed by atoms with Gasteiger partial charge in [0.2, 0.25) is 5.91 Å². The van der Waals surface area contributed by atoms with Crippen LogP contribution >= 0.6 is 0 Å². The average molecular weight is 259 g/mol. The third kappa shape index (κ3) is 2.00. The molecule has 1 amide bonds. The van der Waals surface area contributed by atoms with Gasteiger partial charge in [0, 0.05) is 44.6 Å². The molecule has 1 atom stereocenters. The van der Waals surface area contributed by atoms with Crippen molar-refractivity contribution < 1.29 is 4.79 Å². The number of amides is 1. The third-order valence-electron chi connectivity index (χ3n) is 4.27. The molecule has 19 heavy (non-hydrogen) atoms. The SMILES string of the molecule is CCC1C(=O)N(C)c2ccc(N3CCNCC3)cc21. The fourth-order valence-corrected chi connectivity index (χ4v) is 3.13. The number of carbonyl (C=O) groups is 1. The highest BCUT2D eigenvalue weighted by molar-refractivity contribution is 6.04. The molecule has 1 saturated heterocycles. The van der Waals surface area contributed by atoms with Gasteiger partial charge in [-0.1, -0.05) is 6.92 Å². The first-order valence-electron chi connectivity index (χ1n) is 7.09. The molecule has 0 radical (unpaired) electrons. The summed E-state index contributed by atoms with van der Waals surface area (Å²) in [6, 6.07) is 6.46. The summed E-state index contributed by atoms with van der Waals surface area (Å²) in [5.74, 6) is 0.276. The Labute approximate surface area is 114 Å². The Kier molecular flexibility index (Phi) is 3.19. The van der Waals surface area contributed by atoms with Crippen molar-refractivity contribution in [2.45, 2.75) is 19.3 Å². The van der Waals surface area contributed by atoms with Crippen LogP contribution in [0.2, 0.25) is 0 Å². The standard InChI is InChI=1S/C15H21N3O/c1-3-12-13-10-11(18-8-6-16-7-9-18)4-5-14(13)17(2)15(12)19/h4-5,10,12,16H,3,6-9H2,1-2H3. The molecule has 2 heterocycles. The molecule has 4 nitrogen and oxygen atoms in total. The highest BCUT2D eigenvalue weighted by atomic mass is 16.2. The number of hydrogen-bond acceptors (Lipinski definition) is 3. The van der Waals surface area contributed by atoms with Crippen molar-refractivity contribution in [3.8, 4) is 0 Å². The molecule has 3 rings (SSSR count). The van der Waals surface area contributed by atoms with E-state index in [1.54, 1.807) is 4.90 Å². The molecular weight excluding hydrogens is 238 g/mol. The lowest BCUT2D eigenvalue weighted by molar-refractivity contribution is -0.119. The number of nitrogens with one attached hydrogen (secondary N) is 1. The summed E-state index contributed by atoms with van der Waals surface area (Å²) in [4.78, 5) is 16.4. The monoisotopic (exact) mass is 259 g/mol. The van der Waals surface area contributed by atoms with Gasteiger partial charge in [-0.2, -0.15) is 0 Å². The van der Waals surface area contributed by atoms with E-state index in [2.05, 4.69) is 35.3 Å². The predicted molar refractivity (Wildman–Crippen MR) is 78.0 cm³/mol. The largest absolute Gasteiger partial charge is 0.369 e. The fourth-order valence-electron chi connectivity index (χ4n) is 3.13. The first-order valence-corrected chi connectivity index (χ1v) is 7.09.